The number of hydrogen-bond acceptors (Lipinski definition) is 4. The molecule has 0 bridgehead atoms. The summed E-state index contributed by atoms with van der Waals surface area (Å²) in [6.07, 6.45) is 15.1. The molecular weight excluding hydrogens is 467 g/mol. The number of aliphatic carboxylic acids is 1. The van der Waals surface area contributed by atoms with Crippen molar-refractivity contribution in [2.75, 3.05) is 32.7 Å². The Morgan fingerprint density at radius 2 is 1.95 bits per heavy atom. The lowest BCUT2D eigenvalue weighted by molar-refractivity contribution is -0.145. The fourth-order valence-corrected chi connectivity index (χ4v) is 7.32. The molecule has 3 unspecified atom stereocenters. The maximum absolute atomic E-state index is 14.2. The van der Waals surface area contributed by atoms with Gasteiger partial charge in [-0.3, -0.25) is 9.69 Å². The average Bonchev–Trinajstić information content (AvgIpc) is 3.56. The van der Waals surface area contributed by atoms with E-state index in [1.54, 1.807) is 12.1 Å². The Bertz CT molecular complexity index is 985. The molecule has 2 aliphatic heterocycles. The molecule has 202 valence electrons. The van der Waals surface area contributed by atoms with E-state index in [1.807, 2.05) is 18.5 Å². The third-order valence-electron chi connectivity index (χ3n) is 9.27. The molecule has 2 saturated heterocycles. The molecule has 0 amide bonds. The number of carboxylic acid groups (broad SMARTS) is 1. The molecule has 37 heavy (non-hydrogen) atoms. The van der Waals surface area contributed by atoms with Gasteiger partial charge in [0, 0.05) is 44.4 Å². The summed E-state index contributed by atoms with van der Waals surface area (Å²) < 4.78 is 14.2. The molecule has 3 heterocycles. The monoisotopic (exact) mass is 510 g/mol. The number of aromatic amines is 1. The normalized spacial score (nSPS) is 25.4. The van der Waals surface area contributed by atoms with Gasteiger partial charge in [-0.25, -0.2) is 9.37 Å². The number of nitrogens with one attached hydrogen (secondary N) is 1. The van der Waals surface area contributed by atoms with Crippen LogP contribution in [0.15, 0.2) is 36.7 Å². The number of nitrogens with zero attached hydrogens (tertiary/aromatic N) is 3. The number of imidazole rings is 1. The van der Waals surface area contributed by atoms with Crippen LogP contribution in [0.1, 0.15) is 75.1 Å². The SMILES string of the molecule is O=C(O)C(C1CCCCC1)N1CC(CN2CCC(CCCc3ncc[nH]3)CC2)C(c2cccc(F)c2)C1. The van der Waals surface area contributed by atoms with Crippen molar-refractivity contribution in [3.05, 3.63) is 53.9 Å². The van der Waals surface area contributed by atoms with Crippen LogP contribution in [0.3, 0.4) is 0 Å². The number of carbonyl (C=O) groups is 1. The lowest BCUT2D eigenvalue weighted by atomic mass is 9.83. The number of H-pyrrole nitrogens is 1. The van der Waals surface area contributed by atoms with E-state index in [0.717, 1.165) is 75.6 Å². The van der Waals surface area contributed by atoms with E-state index in [2.05, 4.69) is 19.8 Å². The van der Waals surface area contributed by atoms with Gasteiger partial charge < -0.3 is 15.0 Å². The Morgan fingerprint density at radius 3 is 2.65 bits per heavy atom. The summed E-state index contributed by atoms with van der Waals surface area (Å²) in [5, 5.41) is 10.2. The van der Waals surface area contributed by atoms with Gasteiger partial charge in [0.1, 0.15) is 17.7 Å². The number of rotatable bonds is 10. The number of aromatic nitrogens is 2. The first-order valence-corrected chi connectivity index (χ1v) is 14.5. The molecule has 7 heteroatoms. The van der Waals surface area contributed by atoms with E-state index in [9.17, 15) is 14.3 Å². The van der Waals surface area contributed by atoms with Crippen molar-refractivity contribution in [1.82, 2.24) is 19.8 Å². The predicted octanol–water partition coefficient (Wildman–Crippen LogP) is 5.33. The van der Waals surface area contributed by atoms with Crippen molar-refractivity contribution in [2.24, 2.45) is 17.8 Å². The molecule has 1 aromatic carbocycles. The Hall–Kier alpha value is -2.25. The highest BCUT2D eigenvalue weighted by molar-refractivity contribution is 5.74. The Labute approximate surface area is 220 Å². The van der Waals surface area contributed by atoms with Crippen LogP contribution < -0.4 is 0 Å². The van der Waals surface area contributed by atoms with Crippen molar-refractivity contribution in [3.8, 4) is 0 Å². The van der Waals surface area contributed by atoms with Crippen LogP contribution in [0.2, 0.25) is 0 Å². The molecule has 0 radical (unpaired) electrons. The first kappa shape index (κ1) is 26.4. The van der Waals surface area contributed by atoms with Crippen molar-refractivity contribution < 1.29 is 14.3 Å². The minimum Gasteiger partial charge on any atom is -0.480 e. The highest BCUT2D eigenvalue weighted by Gasteiger charge is 2.43. The van der Waals surface area contributed by atoms with E-state index in [1.165, 1.54) is 38.2 Å². The van der Waals surface area contributed by atoms with Gasteiger partial charge in [0.25, 0.3) is 0 Å². The molecule has 1 saturated carbocycles. The van der Waals surface area contributed by atoms with E-state index in [0.29, 0.717) is 12.5 Å². The molecule has 3 atom stereocenters. The van der Waals surface area contributed by atoms with Crippen molar-refractivity contribution in [2.45, 2.75) is 76.2 Å². The Morgan fingerprint density at radius 1 is 1.14 bits per heavy atom. The highest BCUT2D eigenvalue weighted by atomic mass is 19.1. The standard InChI is InChI=1S/C30H43FN4O2/c31-26-10-5-9-24(18-26)27-21-35(29(30(36)37)23-7-2-1-3-8-23)20-25(27)19-34-16-12-22(13-17-34)6-4-11-28-32-14-15-33-28/h5,9-10,14-15,18,22-23,25,27,29H,1-4,6-8,11-13,16-17,19-21H2,(H,32,33)(H,36,37). The number of aryl methyl sites for hydroxylation is 1. The van der Waals surface area contributed by atoms with E-state index < -0.39 is 12.0 Å². The van der Waals surface area contributed by atoms with Gasteiger partial charge in [0.15, 0.2) is 0 Å². The molecule has 3 aliphatic rings. The smallest absolute Gasteiger partial charge is 0.321 e. The maximum atomic E-state index is 14.2. The summed E-state index contributed by atoms with van der Waals surface area (Å²) in [4.78, 5) is 24.8. The fraction of sp³-hybridized carbons (Fsp3) is 0.667. The summed E-state index contributed by atoms with van der Waals surface area (Å²) in [5.74, 6) is 1.70. The molecule has 6 nitrogen and oxygen atoms in total. The number of benzene rings is 1. The molecule has 0 spiro atoms. The summed E-state index contributed by atoms with van der Waals surface area (Å²) in [6.45, 7) is 4.67. The van der Waals surface area contributed by atoms with Gasteiger partial charge in [0.05, 0.1) is 0 Å². The van der Waals surface area contributed by atoms with Gasteiger partial charge in [-0.2, -0.15) is 0 Å². The van der Waals surface area contributed by atoms with Crippen LogP contribution in [-0.4, -0.2) is 69.6 Å². The van der Waals surface area contributed by atoms with Crippen LogP contribution in [0.4, 0.5) is 4.39 Å². The number of carboxylic acids is 1. The lowest BCUT2D eigenvalue weighted by Crippen LogP contribution is -2.46. The number of piperidine rings is 1. The van der Waals surface area contributed by atoms with E-state index >= 15 is 0 Å². The molecule has 5 rings (SSSR count). The minimum absolute atomic E-state index is 0.173. The maximum Gasteiger partial charge on any atom is 0.321 e. The quantitative estimate of drug-likeness (QED) is 0.452. The van der Waals surface area contributed by atoms with Gasteiger partial charge in [-0.05, 0) is 87.1 Å². The van der Waals surface area contributed by atoms with Crippen LogP contribution in [-0.2, 0) is 11.2 Å². The average molecular weight is 511 g/mol. The second-order valence-electron chi connectivity index (χ2n) is 11.7. The summed E-state index contributed by atoms with van der Waals surface area (Å²) in [7, 11) is 0. The fourth-order valence-electron chi connectivity index (χ4n) is 7.32. The zero-order chi connectivity index (χ0) is 25.6. The molecule has 1 aliphatic carbocycles. The van der Waals surface area contributed by atoms with Gasteiger partial charge in [-0.15, -0.1) is 0 Å². The molecule has 2 aromatic rings. The third kappa shape index (κ3) is 6.80. The zero-order valence-corrected chi connectivity index (χ0v) is 22.0. The lowest BCUT2D eigenvalue weighted by Gasteiger charge is -2.35. The summed E-state index contributed by atoms with van der Waals surface area (Å²) in [5.41, 5.74) is 1.02. The van der Waals surface area contributed by atoms with Gasteiger partial charge >= 0.3 is 5.97 Å². The van der Waals surface area contributed by atoms with Gasteiger partial charge in [-0.1, -0.05) is 31.4 Å². The summed E-state index contributed by atoms with van der Waals surface area (Å²) in [6, 6.07) is 6.59. The molecule has 1 aromatic heterocycles. The van der Waals surface area contributed by atoms with Gasteiger partial charge in [0.2, 0.25) is 0 Å². The second kappa shape index (κ2) is 12.5. The summed E-state index contributed by atoms with van der Waals surface area (Å²) >= 11 is 0. The van der Waals surface area contributed by atoms with Crippen LogP contribution >= 0.6 is 0 Å². The topological polar surface area (TPSA) is 72.5 Å². The second-order valence-corrected chi connectivity index (χ2v) is 11.7. The first-order valence-electron chi connectivity index (χ1n) is 14.5. The zero-order valence-electron chi connectivity index (χ0n) is 22.0. The highest BCUT2D eigenvalue weighted by Crippen LogP contribution is 2.39. The largest absolute Gasteiger partial charge is 0.480 e. The van der Waals surface area contributed by atoms with Crippen LogP contribution in [0.5, 0.6) is 0 Å². The van der Waals surface area contributed by atoms with Crippen molar-refractivity contribution >= 4 is 5.97 Å². The minimum atomic E-state index is -0.680. The number of halogens is 1. The Kier molecular flexibility index (Phi) is 8.93. The van der Waals surface area contributed by atoms with E-state index in [4.69, 9.17) is 0 Å². The number of hydrogen-bond donors (Lipinski definition) is 2. The van der Waals surface area contributed by atoms with Crippen LogP contribution in [0.25, 0.3) is 0 Å². The van der Waals surface area contributed by atoms with Crippen molar-refractivity contribution in [1.29, 1.82) is 0 Å². The third-order valence-corrected chi connectivity index (χ3v) is 9.27. The first-order chi connectivity index (χ1) is 18.1. The molecule has 3 fully saturated rings. The Balaban J connectivity index is 1.21. The predicted molar refractivity (Wildman–Crippen MR) is 143 cm³/mol. The van der Waals surface area contributed by atoms with Crippen molar-refractivity contribution in [3.63, 3.8) is 0 Å². The molecular formula is C30H43FN4O2. The van der Waals surface area contributed by atoms with Crippen LogP contribution in [0, 0.1) is 23.6 Å². The number of likely N-dealkylation sites (tertiary alicyclic amines) is 2. The molecule has 2 N–H and O–H groups in total. The van der Waals surface area contributed by atoms with E-state index in [-0.39, 0.29) is 17.7 Å².